The molecule has 160 valence electrons. The predicted molar refractivity (Wildman–Crippen MR) is 123 cm³/mol. The number of nitrogens with one attached hydrogen (secondary N) is 2. The van der Waals surface area contributed by atoms with Crippen molar-refractivity contribution < 1.29 is 9.59 Å². The van der Waals surface area contributed by atoms with E-state index in [1.54, 1.807) is 44.2 Å². The van der Waals surface area contributed by atoms with Crippen molar-refractivity contribution in [2.45, 2.75) is 33.7 Å². The van der Waals surface area contributed by atoms with Crippen LogP contribution >= 0.6 is 11.6 Å². The Morgan fingerprint density at radius 2 is 1.77 bits per heavy atom. The summed E-state index contributed by atoms with van der Waals surface area (Å²) in [5.41, 5.74) is 3.69. The van der Waals surface area contributed by atoms with Crippen LogP contribution in [0.25, 0.3) is 11.3 Å². The first kappa shape index (κ1) is 22.2. The van der Waals surface area contributed by atoms with Gasteiger partial charge in [-0.1, -0.05) is 29.8 Å². The second-order valence-corrected chi connectivity index (χ2v) is 7.70. The fourth-order valence-electron chi connectivity index (χ4n) is 3.05. The third kappa shape index (κ3) is 5.00. The summed E-state index contributed by atoms with van der Waals surface area (Å²) in [4.78, 5) is 36.7. The van der Waals surface area contributed by atoms with Crippen molar-refractivity contribution in [3.63, 3.8) is 0 Å². The number of hydrogen-bond acceptors (Lipinski definition) is 4. The van der Waals surface area contributed by atoms with Gasteiger partial charge in [-0.05, 0) is 56.2 Å². The van der Waals surface area contributed by atoms with Gasteiger partial charge in [0.05, 0.1) is 5.69 Å². The number of nitrogens with zero attached hydrogens (tertiary/aromatic N) is 2. The summed E-state index contributed by atoms with van der Waals surface area (Å²) in [6.45, 7) is 6.73. The summed E-state index contributed by atoms with van der Waals surface area (Å²) in [5, 5.41) is 10.5. The van der Waals surface area contributed by atoms with Gasteiger partial charge in [0, 0.05) is 35.0 Å². The van der Waals surface area contributed by atoms with E-state index in [9.17, 15) is 14.4 Å². The van der Waals surface area contributed by atoms with Crippen LogP contribution in [-0.2, 0) is 9.59 Å². The van der Waals surface area contributed by atoms with Crippen LogP contribution in [0.4, 0.5) is 11.4 Å². The van der Waals surface area contributed by atoms with E-state index >= 15 is 0 Å². The number of halogens is 1. The summed E-state index contributed by atoms with van der Waals surface area (Å²) in [6.07, 6.45) is 0. The Kier molecular flexibility index (Phi) is 6.56. The largest absolute Gasteiger partial charge is 0.326 e. The monoisotopic (exact) mass is 438 g/mol. The molecule has 1 atom stereocenters. The predicted octanol–water partition coefficient (Wildman–Crippen LogP) is 4.34. The molecule has 0 aliphatic rings. The number of hydrogen-bond donors (Lipinski definition) is 2. The first-order chi connectivity index (χ1) is 14.7. The fourth-order valence-corrected chi connectivity index (χ4v) is 3.23. The topological polar surface area (TPSA) is 93.1 Å². The van der Waals surface area contributed by atoms with Crippen molar-refractivity contribution >= 4 is 34.8 Å². The zero-order valence-electron chi connectivity index (χ0n) is 17.7. The van der Waals surface area contributed by atoms with E-state index in [2.05, 4.69) is 15.7 Å². The van der Waals surface area contributed by atoms with Gasteiger partial charge in [0.15, 0.2) is 0 Å². The Bertz CT molecular complexity index is 1220. The number of rotatable bonds is 5. The number of benzene rings is 2. The molecule has 31 heavy (non-hydrogen) atoms. The van der Waals surface area contributed by atoms with Crippen molar-refractivity contribution in [1.29, 1.82) is 0 Å². The van der Waals surface area contributed by atoms with Gasteiger partial charge in [0.25, 0.3) is 5.56 Å². The maximum Gasteiger partial charge on any atom is 0.267 e. The average molecular weight is 439 g/mol. The first-order valence-electron chi connectivity index (χ1n) is 9.72. The van der Waals surface area contributed by atoms with Crippen LogP contribution in [0, 0.1) is 13.8 Å². The van der Waals surface area contributed by atoms with E-state index < -0.39 is 11.6 Å². The van der Waals surface area contributed by atoms with E-state index in [1.165, 1.54) is 13.0 Å². The molecule has 0 bridgehead atoms. The van der Waals surface area contributed by atoms with Crippen molar-refractivity contribution in [3.8, 4) is 11.3 Å². The molecule has 3 aromatic rings. The minimum Gasteiger partial charge on any atom is -0.326 e. The van der Waals surface area contributed by atoms with Crippen molar-refractivity contribution in [2.75, 3.05) is 10.6 Å². The summed E-state index contributed by atoms with van der Waals surface area (Å²) >= 11 is 6.12. The lowest BCUT2D eigenvalue weighted by molar-refractivity contribution is -0.119. The van der Waals surface area contributed by atoms with E-state index in [4.69, 9.17) is 11.6 Å². The van der Waals surface area contributed by atoms with E-state index in [-0.39, 0.29) is 11.8 Å². The number of anilines is 2. The Morgan fingerprint density at radius 3 is 2.48 bits per heavy atom. The van der Waals surface area contributed by atoms with Crippen LogP contribution in [0.1, 0.15) is 31.0 Å². The number of aryl methyl sites for hydroxylation is 1. The molecule has 8 heteroatoms. The third-order valence-corrected chi connectivity index (χ3v) is 5.35. The van der Waals surface area contributed by atoms with Crippen LogP contribution in [0.15, 0.2) is 53.3 Å². The first-order valence-corrected chi connectivity index (χ1v) is 10.1. The van der Waals surface area contributed by atoms with Gasteiger partial charge >= 0.3 is 0 Å². The molecule has 1 aromatic heterocycles. The minimum absolute atomic E-state index is 0.181. The molecule has 0 aliphatic carbocycles. The maximum absolute atomic E-state index is 12.8. The third-order valence-electron chi connectivity index (χ3n) is 4.94. The molecule has 7 nitrogen and oxygen atoms in total. The van der Waals surface area contributed by atoms with E-state index in [1.807, 2.05) is 19.1 Å². The quantitative estimate of drug-likeness (QED) is 0.619. The molecule has 0 saturated heterocycles. The lowest BCUT2D eigenvalue weighted by Crippen LogP contribution is -2.33. The van der Waals surface area contributed by atoms with Crippen LogP contribution in [0.5, 0.6) is 0 Å². The standard InChI is InChI=1S/C23H23ClN4O3/c1-13-8-9-17(12-21(13)25-16(4)29)20-10-11-22(30)28(27-20)15(3)23(31)26-19-7-5-6-18(24)14(19)2/h5-12,15H,1-4H3,(H,25,29)(H,26,31)/t15-/m0/s1. The normalized spacial score (nSPS) is 11.6. The Hall–Kier alpha value is -3.45. The van der Waals surface area contributed by atoms with Gasteiger partial charge in [-0.2, -0.15) is 5.10 Å². The van der Waals surface area contributed by atoms with Crippen molar-refractivity contribution in [1.82, 2.24) is 9.78 Å². The Balaban J connectivity index is 1.92. The molecule has 0 fully saturated rings. The van der Waals surface area contributed by atoms with Crippen molar-refractivity contribution in [2.24, 2.45) is 0 Å². The minimum atomic E-state index is -0.855. The number of aromatic nitrogens is 2. The number of carbonyl (C=O) groups excluding carboxylic acids is 2. The molecule has 0 saturated carbocycles. The second kappa shape index (κ2) is 9.14. The van der Waals surface area contributed by atoms with Crippen LogP contribution in [-0.4, -0.2) is 21.6 Å². The molecule has 0 aliphatic heterocycles. The summed E-state index contributed by atoms with van der Waals surface area (Å²) < 4.78 is 1.14. The lowest BCUT2D eigenvalue weighted by atomic mass is 10.1. The van der Waals surface area contributed by atoms with Gasteiger partial charge in [-0.3, -0.25) is 14.4 Å². The van der Waals surface area contributed by atoms with Crippen LogP contribution < -0.4 is 16.2 Å². The summed E-state index contributed by atoms with van der Waals surface area (Å²) in [7, 11) is 0. The molecule has 2 amide bonds. The highest BCUT2D eigenvalue weighted by molar-refractivity contribution is 6.31. The molecule has 2 aromatic carbocycles. The zero-order chi connectivity index (χ0) is 22.7. The van der Waals surface area contributed by atoms with Crippen LogP contribution in [0.3, 0.4) is 0 Å². The van der Waals surface area contributed by atoms with E-state index in [0.29, 0.717) is 27.7 Å². The van der Waals surface area contributed by atoms with Crippen molar-refractivity contribution in [3.05, 3.63) is 75.0 Å². The van der Waals surface area contributed by atoms with Gasteiger partial charge < -0.3 is 10.6 Å². The molecular formula is C23H23ClN4O3. The molecule has 1 heterocycles. The van der Waals surface area contributed by atoms with Gasteiger partial charge in [0.2, 0.25) is 11.8 Å². The highest BCUT2D eigenvalue weighted by atomic mass is 35.5. The molecule has 0 spiro atoms. The maximum atomic E-state index is 12.8. The molecule has 3 rings (SSSR count). The summed E-state index contributed by atoms with van der Waals surface area (Å²) in [5.74, 6) is -0.570. The highest BCUT2D eigenvalue weighted by Crippen LogP contribution is 2.25. The number of carbonyl (C=O) groups is 2. The molecule has 0 radical (unpaired) electrons. The lowest BCUT2D eigenvalue weighted by Gasteiger charge is -2.16. The highest BCUT2D eigenvalue weighted by Gasteiger charge is 2.19. The Morgan fingerprint density at radius 1 is 1.03 bits per heavy atom. The average Bonchev–Trinajstić information content (AvgIpc) is 2.72. The summed E-state index contributed by atoms with van der Waals surface area (Å²) in [6, 6.07) is 12.8. The molecule has 2 N–H and O–H groups in total. The van der Waals surface area contributed by atoms with Gasteiger partial charge in [0.1, 0.15) is 6.04 Å². The zero-order valence-corrected chi connectivity index (χ0v) is 18.4. The fraction of sp³-hybridized carbons (Fsp3) is 0.217. The smallest absolute Gasteiger partial charge is 0.267 e. The molecule has 0 unspecified atom stereocenters. The number of amides is 2. The van der Waals surface area contributed by atoms with Gasteiger partial charge in [-0.25, -0.2) is 4.68 Å². The Labute approximate surface area is 185 Å². The van der Waals surface area contributed by atoms with Crippen LogP contribution in [0.2, 0.25) is 5.02 Å². The van der Waals surface area contributed by atoms with Gasteiger partial charge in [-0.15, -0.1) is 0 Å². The van der Waals surface area contributed by atoms with E-state index in [0.717, 1.165) is 15.8 Å². The SMILES string of the molecule is CC(=O)Nc1cc(-c2ccc(=O)n([C@@H](C)C(=O)Nc3cccc(Cl)c3C)n2)ccc1C. The second-order valence-electron chi connectivity index (χ2n) is 7.29. The molecular weight excluding hydrogens is 416 g/mol.